The maximum Gasteiger partial charge on any atom is 0.285 e. The van der Waals surface area contributed by atoms with Crippen molar-refractivity contribution in [1.29, 1.82) is 0 Å². The summed E-state index contributed by atoms with van der Waals surface area (Å²) in [4.78, 5) is 12.8. The normalized spacial score (nSPS) is 18.9. The highest BCUT2D eigenvalue weighted by Crippen LogP contribution is 2.30. The third-order valence-electron chi connectivity index (χ3n) is 7.21. The average Bonchev–Trinajstić information content (AvgIpc) is 2.93. The number of nitrogens with one attached hydrogen (secondary N) is 2. The first kappa shape index (κ1) is 28.8. The first-order chi connectivity index (χ1) is 18.5. The van der Waals surface area contributed by atoms with Gasteiger partial charge in [-0.3, -0.25) is 4.79 Å². The Morgan fingerprint density at radius 3 is 2.00 bits per heavy atom. The summed E-state index contributed by atoms with van der Waals surface area (Å²) in [5, 5.41) is 2.96. The molecule has 6 nitrogen and oxygen atoms in total. The second kappa shape index (κ2) is 11.9. The number of hydrogen-bond acceptors (Lipinski definition) is 4. The fraction of sp³-hybridized carbons (Fsp3) is 0.345. The lowest BCUT2D eigenvalue weighted by atomic mass is 9.85. The first-order valence-corrected chi connectivity index (χ1v) is 14.3. The molecular weight excluding hydrogens is 527 g/mol. The van der Waals surface area contributed by atoms with Gasteiger partial charge in [-0.25, -0.2) is 17.5 Å². The van der Waals surface area contributed by atoms with E-state index >= 15 is 0 Å². The van der Waals surface area contributed by atoms with Crippen molar-refractivity contribution in [3.63, 3.8) is 0 Å². The molecule has 1 saturated carbocycles. The van der Waals surface area contributed by atoms with E-state index in [0.29, 0.717) is 36.8 Å². The fourth-order valence-electron chi connectivity index (χ4n) is 4.78. The molecule has 0 heterocycles. The second-order valence-corrected chi connectivity index (χ2v) is 11.7. The van der Waals surface area contributed by atoms with Gasteiger partial charge in [0.2, 0.25) is 15.9 Å². The molecule has 1 atom stereocenters. The topological polar surface area (TPSA) is 101 Å². The van der Waals surface area contributed by atoms with Gasteiger partial charge in [0.1, 0.15) is 5.82 Å². The molecule has 0 radical (unpaired) electrons. The highest BCUT2D eigenvalue weighted by atomic mass is 32.2. The van der Waals surface area contributed by atoms with E-state index in [4.69, 9.17) is 5.73 Å². The second-order valence-electron chi connectivity index (χ2n) is 9.96. The number of halogens is 3. The zero-order chi connectivity index (χ0) is 28.2. The van der Waals surface area contributed by atoms with Crippen LogP contribution in [0.15, 0.2) is 77.7 Å². The molecule has 4 rings (SSSR count). The molecule has 1 fully saturated rings. The predicted molar refractivity (Wildman–Crippen MR) is 144 cm³/mol. The largest absolute Gasteiger partial charge is 0.349 e. The van der Waals surface area contributed by atoms with Gasteiger partial charge in [0, 0.05) is 17.5 Å². The molecule has 3 aromatic rings. The third kappa shape index (κ3) is 7.06. The van der Waals surface area contributed by atoms with Crippen LogP contribution in [0.25, 0.3) is 11.1 Å². The molecule has 10 heteroatoms. The quantitative estimate of drug-likeness (QED) is 0.333. The maximum atomic E-state index is 13.8. The summed E-state index contributed by atoms with van der Waals surface area (Å²) in [6, 6.07) is 17.4. The molecule has 3 aromatic carbocycles. The molecule has 4 N–H and O–H groups in total. The molecule has 0 saturated heterocycles. The lowest BCUT2D eigenvalue weighted by Gasteiger charge is -2.29. The van der Waals surface area contributed by atoms with Crippen molar-refractivity contribution in [1.82, 2.24) is 10.0 Å². The highest BCUT2D eigenvalue weighted by molar-refractivity contribution is 7.89. The Morgan fingerprint density at radius 2 is 1.46 bits per heavy atom. The van der Waals surface area contributed by atoms with Crippen molar-refractivity contribution in [2.75, 3.05) is 6.54 Å². The Balaban J connectivity index is 1.31. The zero-order valence-electron chi connectivity index (χ0n) is 21.5. The van der Waals surface area contributed by atoms with Gasteiger partial charge in [-0.1, -0.05) is 48.5 Å². The van der Waals surface area contributed by atoms with Crippen LogP contribution in [0, 0.1) is 11.7 Å². The Kier molecular flexibility index (Phi) is 8.78. The van der Waals surface area contributed by atoms with Gasteiger partial charge in [0.15, 0.2) is 0 Å². The van der Waals surface area contributed by atoms with Crippen LogP contribution >= 0.6 is 0 Å². The summed E-state index contributed by atoms with van der Waals surface area (Å²) >= 11 is 0. The van der Waals surface area contributed by atoms with Gasteiger partial charge in [-0.15, -0.1) is 0 Å². The Labute approximate surface area is 226 Å². The number of sulfonamides is 1. The van der Waals surface area contributed by atoms with Crippen molar-refractivity contribution in [3.8, 4) is 11.1 Å². The number of amides is 1. The molecule has 0 bridgehead atoms. The maximum absolute atomic E-state index is 13.8. The van der Waals surface area contributed by atoms with Crippen molar-refractivity contribution in [3.05, 3.63) is 89.7 Å². The number of benzene rings is 3. The minimum Gasteiger partial charge on any atom is -0.349 e. The summed E-state index contributed by atoms with van der Waals surface area (Å²) in [7, 11) is -3.78. The number of alkyl halides is 2. The van der Waals surface area contributed by atoms with Crippen LogP contribution in [0.4, 0.5) is 13.2 Å². The molecule has 1 amide bonds. The molecule has 208 valence electrons. The lowest BCUT2D eigenvalue weighted by molar-refractivity contribution is -0.126. The van der Waals surface area contributed by atoms with E-state index in [9.17, 15) is 26.4 Å². The van der Waals surface area contributed by atoms with E-state index in [1.807, 2.05) is 6.92 Å². The highest BCUT2D eigenvalue weighted by Gasteiger charge is 2.30. The van der Waals surface area contributed by atoms with E-state index in [2.05, 4.69) is 10.0 Å². The summed E-state index contributed by atoms with van der Waals surface area (Å²) in [6.45, 7) is 1.06. The van der Waals surface area contributed by atoms with Gasteiger partial charge in [-0.05, 0) is 73.6 Å². The van der Waals surface area contributed by atoms with E-state index in [1.165, 1.54) is 36.4 Å². The molecule has 0 aliphatic heterocycles. The summed E-state index contributed by atoms with van der Waals surface area (Å²) in [5.41, 5.74) is 7.13. The van der Waals surface area contributed by atoms with Crippen LogP contribution in [-0.4, -0.2) is 26.9 Å². The van der Waals surface area contributed by atoms with E-state index in [0.717, 1.165) is 5.56 Å². The van der Waals surface area contributed by atoms with E-state index in [1.54, 1.807) is 36.4 Å². The minimum atomic E-state index is -3.78. The van der Waals surface area contributed by atoms with Gasteiger partial charge in [-0.2, -0.15) is 8.78 Å². The average molecular weight is 560 g/mol. The lowest BCUT2D eigenvalue weighted by Crippen LogP contribution is -2.41. The number of carbonyl (C=O) groups excluding carboxylic acids is 1. The molecule has 39 heavy (non-hydrogen) atoms. The molecular formula is C29H32F3N3O3S. The Morgan fingerprint density at radius 1 is 0.923 bits per heavy atom. The first-order valence-electron chi connectivity index (χ1n) is 12.9. The summed E-state index contributed by atoms with van der Waals surface area (Å²) in [6.07, 6.45) is 2.15. The predicted octanol–water partition coefficient (Wildman–Crippen LogP) is 5.26. The Bertz CT molecular complexity index is 1370. The molecule has 1 aliphatic carbocycles. The van der Waals surface area contributed by atoms with Gasteiger partial charge >= 0.3 is 0 Å². The zero-order valence-corrected chi connectivity index (χ0v) is 22.4. The third-order valence-corrected chi connectivity index (χ3v) is 8.75. The van der Waals surface area contributed by atoms with Gasteiger partial charge in [0.05, 0.1) is 17.5 Å². The van der Waals surface area contributed by atoms with E-state index < -0.39 is 22.5 Å². The number of carbonyl (C=O) groups is 1. The van der Waals surface area contributed by atoms with Crippen LogP contribution in [0.5, 0.6) is 0 Å². The van der Waals surface area contributed by atoms with E-state index in [-0.39, 0.29) is 40.2 Å². The van der Waals surface area contributed by atoms with Crippen molar-refractivity contribution >= 4 is 15.9 Å². The van der Waals surface area contributed by atoms with Gasteiger partial charge in [0.25, 0.3) is 5.92 Å². The summed E-state index contributed by atoms with van der Waals surface area (Å²) < 4.78 is 69.3. The van der Waals surface area contributed by atoms with Crippen molar-refractivity contribution < 1.29 is 26.4 Å². The van der Waals surface area contributed by atoms with Crippen molar-refractivity contribution in [2.45, 2.75) is 55.5 Å². The fourth-order valence-corrected chi connectivity index (χ4v) is 6.08. The minimum absolute atomic E-state index is 0.0940. The molecule has 0 spiro atoms. The van der Waals surface area contributed by atoms with Crippen LogP contribution < -0.4 is 15.8 Å². The van der Waals surface area contributed by atoms with Crippen LogP contribution in [-0.2, 0) is 20.7 Å². The monoisotopic (exact) mass is 559 g/mol. The van der Waals surface area contributed by atoms with Gasteiger partial charge < -0.3 is 11.1 Å². The molecule has 0 unspecified atom stereocenters. The number of nitrogens with two attached hydrogens (primary N) is 1. The smallest absolute Gasteiger partial charge is 0.285 e. The van der Waals surface area contributed by atoms with Crippen LogP contribution in [0.2, 0.25) is 0 Å². The van der Waals surface area contributed by atoms with Crippen molar-refractivity contribution in [2.24, 2.45) is 11.7 Å². The SMILES string of the molecule is C[C@@H](NC(=O)C1CCC(NS(=O)(=O)c2ccc(-c3ccc(C(F)(F)CN)cc3)cc2)CC1)c1ccc(F)cc1. The number of hydrogen-bond donors (Lipinski definition) is 3. The standard InChI is InChI=1S/C29H32F3N3O3S/c1-19(20-4-12-25(30)13-5-20)34-28(36)23-6-14-26(15-7-23)35-39(37,38)27-16-8-22(9-17-27)21-2-10-24(11-3-21)29(31,32)18-33/h2-5,8-13,16-17,19,23,26,35H,6-7,14-15,18,33H2,1H3,(H,34,36)/t19-,23?,26?/m1/s1. The van der Waals surface area contributed by atoms with Crippen LogP contribution in [0.3, 0.4) is 0 Å². The summed E-state index contributed by atoms with van der Waals surface area (Å²) in [5.74, 6) is -3.75. The Hall–Kier alpha value is -3.21. The number of rotatable bonds is 9. The molecule has 1 aliphatic rings. The molecule has 0 aromatic heterocycles. The van der Waals surface area contributed by atoms with Crippen LogP contribution in [0.1, 0.15) is 49.8 Å².